The van der Waals surface area contributed by atoms with Crippen LogP contribution in [-0.4, -0.2) is 33.3 Å². The van der Waals surface area contributed by atoms with Crippen molar-refractivity contribution in [3.05, 3.63) is 12.2 Å². The van der Waals surface area contributed by atoms with Gasteiger partial charge < -0.3 is 5.11 Å². The van der Waals surface area contributed by atoms with Crippen molar-refractivity contribution in [1.29, 1.82) is 0 Å². The van der Waals surface area contributed by atoms with Gasteiger partial charge in [0.15, 0.2) is 0 Å². The van der Waals surface area contributed by atoms with E-state index in [-0.39, 0.29) is 23.7 Å². The van der Waals surface area contributed by atoms with E-state index in [1.165, 1.54) is 0 Å². The quantitative estimate of drug-likeness (QED) is 0.602. The van der Waals surface area contributed by atoms with E-state index < -0.39 is 11.5 Å². The van der Waals surface area contributed by atoms with Crippen molar-refractivity contribution in [3.8, 4) is 0 Å². The lowest BCUT2D eigenvalue weighted by atomic mass is 9.85. The van der Waals surface area contributed by atoms with Gasteiger partial charge in [0.1, 0.15) is 5.54 Å². The molecule has 1 aliphatic heterocycles. The summed E-state index contributed by atoms with van der Waals surface area (Å²) in [5, 5.41) is 9.53. The van der Waals surface area contributed by atoms with E-state index in [9.17, 15) is 19.5 Å². The zero-order valence-electron chi connectivity index (χ0n) is 10.7. The molecule has 0 bridgehead atoms. The van der Waals surface area contributed by atoms with E-state index in [0.29, 0.717) is 25.7 Å². The zero-order chi connectivity index (χ0) is 13.6. The van der Waals surface area contributed by atoms with Crippen LogP contribution in [0.5, 0.6) is 0 Å². The molecular formula is C14H17NO4. The Bertz CT molecular complexity index is 450. The molecule has 19 heavy (non-hydrogen) atoms. The number of allylic oxidation sites excluding steroid dienone is 2. The minimum Gasteiger partial charge on any atom is -0.479 e. The molecule has 0 aromatic rings. The summed E-state index contributed by atoms with van der Waals surface area (Å²) in [5.41, 5.74) is -1.27. The third-order valence-corrected chi connectivity index (χ3v) is 4.76. The smallest absolute Gasteiger partial charge is 0.330 e. The van der Waals surface area contributed by atoms with Gasteiger partial charge in [-0.1, -0.05) is 25.0 Å². The third-order valence-electron chi connectivity index (χ3n) is 4.76. The van der Waals surface area contributed by atoms with Crippen molar-refractivity contribution >= 4 is 17.8 Å². The molecule has 102 valence electrons. The lowest BCUT2D eigenvalue weighted by molar-refractivity contribution is -0.163. The van der Waals surface area contributed by atoms with Crippen molar-refractivity contribution in [3.63, 3.8) is 0 Å². The number of hydrogen-bond donors (Lipinski definition) is 1. The lowest BCUT2D eigenvalue weighted by Gasteiger charge is -2.33. The molecule has 1 N–H and O–H groups in total. The predicted molar refractivity (Wildman–Crippen MR) is 66.0 cm³/mol. The molecule has 2 unspecified atom stereocenters. The number of carbonyl (C=O) groups is 3. The van der Waals surface area contributed by atoms with Gasteiger partial charge in [-0.15, -0.1) is 0 Å². The molecule has 0 radical (unpaired) electrons. The number of amides is 2. The van der Waals surface area contributed by atoms with Gasteiger partial charge in [-0.05, 0) is 25.7 Å². The zero-order valence-corrected chi connectivity index (χ0v) is 10.7. The molecule has 2 amide bonds. The van der Waals surface area contributed by atoms with Crippen LogP contribution in [0.15, 0.2) is 12.2 Å². The first-order chi connectivity index (χ1) is 9.08. The van der Waals surface area contributed by atoms with Crippen molar-refractivity contribution in [2.75, 3.05) is 0 Å². The Morgan fingerprint density at radius 1 is 1.11 bits per heavy atom. The summed E-state index contributed by atoms with van der Waals surface area (Å²) < 4.78 is 0. The Balaban J connectivity index is 1.99. The van der Waals surface area contributed by atoms with Crippen molar-refractivity contribution < 1.29 is 19.5 Å². The van der Waals surface area contributed by atoms with Crippen LogP contribution in [0, 0.1) is 11.8 Å². The highest BCUT2D eigenvalue weighted by molar-refractivity contribution is 6.09. The van der Waals surface area contributed by atoms with Gasteiger partial charge >= 0.3 is 5.97 Å². The molecular weight excluding hydrogens is 246 g/mol. The molecule has 2 aliphatic carbocycles. The molecule has 0 aromatic heterocycles. The van der Waals surface area contributed by atoms with E-state index in [0.717, 1.165) is 17.7 Å². The molecule has 5 heteroatoms. The average Bonchev–Trinajstić information content (AvgIpc) is 2.97. The van der Waals surface area contributed by atoms with Crippen LogP contribution >= 0.6 is 0 Å². The highest BCUT2D eigenvalue weighted by Gasteiger charge is 2.59. The van der Waals surface area contributed by atoms with Gasteiger partial charge in [0, 0.05) is 0 Å². The maximum absolute atomic E-state index is 12.5. The summed E-state index contributed by atoms with van der Waals surface area (Å²) in [7, 11) is 0. The number of nitrogens with zero attached hydrogens (tertiary/aromatic N) is 1. The standard InChI is InChI=1S/C14H17NO4/c16-11-9-5-1-2-6-10(9)12(17)15(11)14(13(18)19)7-3-4-8-14/h1-2,9-10H,3-8H2,(H,18,19). The van der Waals surface area contributed by atoms with E-state index in [1.807, 2.05) is 12.2 Å². The number of imide groups is 1. The minimum atomic E-state index is -1.27. The van der Waals surface area contributed by atoms with E-state index in [2.05, 4.69) is 0 Å². The van der Waals surface area contributed by atoms with Gasteiger partial charge in [0.05, 0.1) is 11.8 Å². The Morgan fingerprint density at radius 3 is 2.00 bits per heavy atom. The van der Waals surface area contributed by atoms with Crippen LogP contribution < -0.4 is 0 Å². The van der Waals surface area contributed by atoms with Crippen molar-refractivity contribution in [1.82, 2.24) is 4.90 Å². The minimum absolute atomic E-state index is 0.274. The van der Waals surface area contributed by atoms with Crippen LogP contribution in [0.2, 0.25) is 0 Å². The monoisotopic (exact) mass is 263 g/mol. The van der Waals surface area contributed by atoms with E-state index >= 15 is 0 Å². The number of rotatable bonds is 2. The number of carbonyl (C=O) groups excluding carboxylic acids is 2. The first kappa shape index (κ1) is 12.4. The SMILES string of the molecule is O=C1C2CC=CCC2C(=O)N1C1(C(=O)O)CCCC1. The fourth-order valence-electron chi connectivity index (χ4n) is 3.72. The first-order valence-corrected chi connectivity index (χ1v) is 6.84. The number of fused-ring (bicyclic) bond motifs is 1. The lowest BCUT2D eigenvalue weighted by Crippen LogP contribution is -2.55. The number of carboxylic acids is 1. The maximum atomic E-state index is 12.5. The van der Waals surface area contributed by atoms with Gasteiger partial charge in [-0.25, -0.2) is 4.79 Å². The second kappa shape index (κ2) is 4.18. The van der Waals surface area contributed by atoms with Crippen LogP contribution in [0.3, 0.4) is 0 Å². The highest BCUT2D eigenvalue weighted by Crippen LogP contribution is 2.44. The Labute approximate surface area is 111 Å². The number of aliphatic carboxylic acids is 1. The average molecular weight is 263 g/mol. The molecule has 0 aromatic carbocycles. The topological polar surface area (TPSA) is 74.7 Å². The van der Waals surface area contributed by atoms with Crippen LogP contribution in [-0.2, 0) is 14.4 Å². The molecule has 1 saturated carbocycles. The predicted octanol–water partition coefficient (Wildman–Crippen LogP) is 1.33. The third kappa shape index (κ3) is 1.57. The molecule has 0 spiro atoms. The number of likely N-dealkylation sites (tertiary alicyclic amines) is 1. The summed E-state index contributed by atoms with van der Waals surface area (Å²) in [4.78, 5) is 37.7. The van der Waals surface area contributed by atoms with Crippen molar-refractivity contribution in [2.24, 2.45) is 11.8 Å². The van der Waals surface area contributed by atoms with Gasteiger partial charge in [0.2, 0.25) is 11.8 Å². The molecule has 3 rings (SSSR count). The molecule has 3 aliphatic rings. The van der Waals surface area contributed by atoms with Gasteiger partial charge in [-0.3, -0.25) is 14.5 Å². The highest BCUT2D eigenvalue weighted by atomic mass is 16.4. The molecule has 2 atom stereocenters. The summed E-state index contributed by atoms with van der Waals surface area (Å²) in [6, 6.07) is 0. The summed E-state index contributed by atoms with van der Waals surface area (Å²) in [5.74, 6) is -2.26. The second-order valence-corrected chi connectivity index (χ2v) is 5.71. The van der Waals surface area contributed by atoms with Crippen LogP contribution in [0.25, 0.3) is 0 Å². The van der Waals surface area contributed by atoms with Gasteiger partial charge in [-0.2, -0.15) is 0 Å². The Morgan fingerprint density at radius 2 is 1.58 bits per heavy atom. The fourth-order valence-corrected chi connectivity index (χ4v) is 3.72. The summed E-state index contributed by atoms with van der Waals surface area (Å²) >= 11 is 0. The molecule has 2 fully saturated rings. The summed E-state index contributed by atoms with van der Waals surface area (Å²) in [6.07, 6.45) is 7.26. The maximum Gasteiger partial charge on any atom is 0.330 e. The van der Waals surface area contributed by atoms with Crippen molar-refractivity contribution in [2.45, 2.75) is 44.1 Å². The largest absolute Gasteiger partial charge is 0.479 e. The Hall–Kier alpha value is -1.65. The number of carboxylic acid groups (broad SMARTS) is 1. The van der Waals surface area contributed by atoms with Crippen LogP contribution in [0.1, 0.15) is 38.5 Å². The van der Waals surface area contributed by atoms with Crippen LogP contribution in [0.4, 0.5) is 0 Å². The molecule has 5 nitrogen and oxygen atoms in total. The first-order valence-electron chi connectivity index (χ1n) is 6.84. The van der Waals surface area contributed by atoms with E-state index in [4.69, 9.17) is 0 Å². The molecule has 1 heterocycles. The summed E-state index contributed by atoms with van der Waals surface area (Å²) in [6.45, 7) is 0. The van der Waals surface area contributed by atoms with Gasteiger partial charge in [0.25, 0.3) is 0 Å². The fraction of sp³-hybridized carbons (Fsp3) is 0.643. The second-order valence-electron chi connectivity index (χ2n) is 5.71. The number of hydrogen-bond acceptors (Lipinski definition) is 3. The normalized spacial score (nSPS) is 32.7. The molecule has 1 saturated heterocycles. The van der Waals surface area contributed by atoms with E-state index in [1.54, 1.807) is 0 Å². The Kier molecular flexibility index (Phi) is 2.73.